The van der Waals surface area contributed by atoms with E-state index in [0.717, 1.165) is 6.42 Å². The second-order valence-corrected chi connectivity index (χ2v) is 4.89. The summed E-state index contributed by atoms with van der Waals surface area (Å²) >= 11 is 0. The van der Waals surface area contributed by atoms with Gasteiger partial charge >= 0.3 is 5.97 Å². The van der Waals surface area contributed by atoms with Crippen molar-refractivity contribution < 1.29 is 19.6 Å². The van der Waals surface area contributed by atoms with Gasteiger partial charge in [0.25, 0.3) is 5.69 Å². The average Bonchev–Trinajstić information content (AvgIpc) is 2.44. The maximum atomic E-state index is 11.0. The summed E-state index contributed by atoms with van der Waals surface area (Å²) in [7, 11) is 1.50. The number of nitrogens with one attached hydrogen (secondary N) is 1. The van der Waals surface area contributed by atoms with E-state index in [1.165, 1.54) is 13.2 Å². The number of aliphatic carboxylic acids is 1. The van der Waals surface area contributed by atoms with Crippen molar-refractivity contribution in [3.05, 3.63) is 28.3 Å². The average molecular weight is 296 g/mol. The van der Waals surface area contributed by atoms with Crippen LogP contribution >= 0.6 is 0 Å². The fourth-order valence-electron chi connectivity index (χ4n) is 1.91. The molecular weight excluding hydrogens is 276 g/mol. The molecule has 0 heterocycles. The Hall–Kier alpha value is -2.31. The molecule has 116 valence electrons. The predicted octanol–water partition coefficient (Wildman–Crippen LogP) is 2.91. The number of nitro benzene ring substituents is 1. The van der Waals surface area contributed by atoms with Gasteiger partial charge in [-0.15, -0.1) is 0 Å². The van der Waals surface area contributed by atoms with Crippen LogP contribution in [0, 0.1) is 16.0 Å². The molecule has 0 aliphatic heterocycles. The molecule has 21 heavy (non-hydrogen) atoms. The summed E-state index contributed by atoms with van der Waals surface area (Å²) < 4.78 is 5.05. The number of hydrogen-bond donors (Lipinski definition) is 2. The van der Waals surface area contributed by atoms with E-state index in [2.05, 4.69) is 5.32 Å². The Kier molecular flexibility index (Phi) is 6.45. The molecule has 0 aromatic heterocycles. The number of carboxylic acid groups (broad SMARTS) is 1. The molecule has 0 spiro atoms. The molecule has 1 unspecified atom stereocenters. The highest BCUT2D eigenvalue weighted by atomic mass is 16.6. The molecule has 0 bridgehead atoms. The first-order chi connectivity index (χ1) is 9.93. The lowest BCUT2D eigenvalue weighted by Crippen LogP contribution is -2.09. The van der Waals surface area contributed by atoms with Gasteiger partial charge in [-0.2, -0.15) is 0 Å². The second kappa shape index (κ2) is 8.08. The van der Waals surface area contributed by atoms with Gasteiger partial charge in [0, 0.05) is 25.1 Å². The second-order valence-electron chi connectivity index (χ2n) is 4.89. The highest BCUT2D eigenvalue weighted by molar-refractivity contribution is 5.66. The largest absolute Gasteiger partial charge is 0.497 e. The molecule has 7 nitrogen and oxygen atoms in total. The molecule has 0 fully saturated rings. The van der Waals surface area contributed by atoms with Gasteiger partial charge in [0.2, 0.25) is 0 Å². The predicted molar refractivity (Wildman–Crippen MR) is 78.8 cm³/mol. The Labute approximate surface area is 123 Å². The number of hydrogen-bond acceptors (Lipinski definition) is 5. The van der Waals surface area contributed by atoms with E-state index in [-0.39, 0.29) is 18.0 Å². The molecule has 0 saturated carbocycles. The Morgan fingerprint density at radius 3 is 2.76 bits per heavy atom. The third-order valence-electron chi connectivity index (χ3n) is 3.20. The minimum Gasteiger partial charge on any atom is -0.497 e. The molecule has 7 heteroatoms. The Morgan fingerprint density at radius 2 is 2.19 bits per heavy atom. The first-order valence-corrected chi connectivity index (χ1v) is 6.72. The van der Waals surface area contributed by atoms with E-state index in [9.17, 15) is 14.9 Å². The molecule has 1 atom stereocenters. The maximum absolute atomic E-state index is 11.0. The van der Waals surface area contributed by atoms with Crippen LogP contribution in [0.5, 0.6) is 5.75 Å². The molecule has 1 rings (SSSR count). The number of carboxylic acids is 1. The van der Waals surface area contributed by atoms with E-state index >= 15 is 0 Å². The molecule has 1 aromatic rings. The lowest BCUT2D eigenvalue weighted by atomic mass is 10.0. The highest BCUT2D eigenvalue weighted by Gasteiger charge is 2.14. The summed E-state index contributed by atoms with van der Waals surface area (Å²) in [5, 5.41) is 22.6. The van der Waals surface area contributed by atoms with Crippen molar-refractivity contribution in [3.8, 4) is 5.75 Å². The highest BCUT2D eigenvalue weighted by Crippen LogP contribution is 2.28. The Bertz CT molecular complexity index is 504. The monoisotopic (exact) mass is 296 g/mol. The number of benzene rings is 1. The van der Waals surface area contributed by atoms with E-state index in [1.807, 2.05) is 6.92 Å². The van der Waals surface area contributed by atoms with Crippen molar-refractivity contribution in [3.63, 3.8) is 0 Å². The third kappa shape index (κ3) is 5.68. The number of nitrogens with zero attached hydrogens (tertiary/aromatic N) is 1. The number of carbonyl (C=O) groups is 1. The summed E-state index contributed by atoms with van der Waals surface area (Å²) in [6, 6.07) is 4.52. The van der Waals surface area contributed by atoms with Crippen molar-refractivity contribution >= 4 is 17.3 Å². The maximum Gasteiger partial charge on any atom is 0.303 e. The molecule has 0 amide bonds. The third-order valence-corrected chi connectivity index (χ3v) is 3.20. The minimum absolute atomic E-state index is 0.00557. The SMILES string of the molecule is COc1ccc([N+](=O)[O-])c(NCCC(C)CCC(=O)O)c1. The van der Waals surface area contributed by atoms with Gasteiger partial charge < -0.3 is 15.2 Å². The number of ether oxygens (including phenoxy) is 1. The van der Waals surface area contributed by atoms with Crippen LogP contribution in [0.15, 0.2) is 18.2 Å². The zero-order chi connectivity index (χ0) is 15.8. The van der Waals surface area contributed by atoms with Crippen LogP contribution in [0.1, 0.15) is 26.2 Å². The molecule has 0 saturated heterocycles. The van der Waals surface area contributed by atoms with Crippen molar-refractivity contribution in [2.24, 2.45) is 5.92 Å². The molecular formula is C14H20N2O5. The fraction of sp³-hybridized carbons (Fsp3) is 0.500. The van der Waals surface area contributed by atoms with Gasteiger partial charge in [-0.1, -0.05) is 6.92 Å². The van der Waals surface area contributed by atoms with Crippen molar-refractivity contribution in [2.75, 3.05) is 19.0 Å². The zero-order valence-corrected chi connectivity index (χ0v) is 12.2. The van der Waals surface area contributed by atoms with E-state index < -0.39 is 10.9 Å². The van der Waals surface area contributed by atoms with Gasteiger partial charge in [-0.25, -0.2) is 0 Å². The summed E-state index contributed by atoms with van der Waals surface area (Å²) in [5.41, 5.74) is 0.402. The van der Waals surface area contributed by atoms with Crippen molar-refractivity contribution in [1.29, 1.82) is 0 Å². The Balaban J connectivity index is 2.57. The molecule has 2 N–H and O–H groups in total. The quantitative estimate of drug-likeness (QED) is 0.536. The lowest BCUT2D eigenvalue weighted by Gasteiger charge is -2.12. The smallest absolute Gasteiger partial charge is 0.303 e. The summed E-state index contributed by atoms with van der Waals surface area (Å²) in [5.74, 6) is -0.0291. The van der Waals surface area contributed by atoms with Gasteiger partial charge in [-0.05, 0) is 24.8 Å². The summed E-state index contributed by atoms with van der Waals surface area (Å²) in [6.07, 6.45) is 1.47. The van der Waals surface area contributed by atoms with Crippen LogP contribution in [-0.2, 0) is 4.79 Å². The van der Waals surface area contributed by atoms with Crippen LogP contribution in [0.2, 0.25) is 0 Å². The van der Waals surface area contributed by atoms with Crippen LogP contribution in [-0.4, -0.2) is 29.7 Å². The van der Waals surface area contributed by atoms with Crippen LogP contribution in [0.4, 0.5) is 11.4 Å². The first kappa shape index (κ1) is 16.7. The van der Waals surface area contributed by atoms with Gasteiger partial charge in [0.15, 0.2) is 0 Å². The van der Waals surface area contributed by atoms with Crippen LogP contribution in [0.25, 0.3) is 0 Å². The van der Waals surface area contributed by atoms with Crippen LogP contribution in [0.3, 0.4) is 0 Å². The van der Waals surface area contributed by atoms with E-state index in [1.54, 1.807) is 12.1 Å². The van der Waals surface area contributed by atoms with Gasteiger partial charge in [0.05, 0.1) is 12.0 Å². The minimum atomic E-state index is -0.807. The first-order valence-electron chi connectivity index (χ1n) is 6.72. The standard InChI is InChI=1S/C14H20N2O5/c1-10(3-6-14(17)18)7-8-15-12-9-11(21-2)4-5-13(12)16(19)20/h4-5,9-10,15H,3,6-8H2,1-2H3,(H,17,18). The topological polar surface area (TPSA) is 102 Å². The van der Waals surface area contributed by atoms with Gasteiger partial charge in [-0.3, -0.25) is 14.9 Å². The zero-order valence-electron chi connectivity index (χ0n) is 12.2. The molecule has 1 aromatic carbocycles. The molecule has 0 aliphatic carbocycles. The fourth-order valence-corrected chi connectivity index (χ4v) is 1.91. The number of rotatable bonds is 9. The van der Waals surface area contributed by atoms with Crippen molar-refractivity contribution in [1.82, 2.24) is 0 Å². The number of methoxy groups -OCH3 is 1. The molecule has 0 radical (unpaired) electrons. The normalized spacial score (nSPS) is 11.7. The van der Waals surface area contributed by atoms with E-state index in [0.29, 0.717) is 24.4 Å². The van der Waals surface area contributed by atoms with E-state index in [4.69, 9.17) is 9.84 Å². The van der Waals surface area contributed by atoms with Crippen molar-refractivity contribution in [2.45, 2.75) is 26.2 Å². The Morgan fingerprint density at radius 1 is 1.48 bits per heavy atom. The van der Waals surface area contributed by atoms with Crippen LogP contribution < -0.4 is 10.1 Å². The number of nitro groups is 1. The summed E-state index contributed by atoms with van der Waals surface area (Å²) in [6.45, 7) is 2.50. The van der Waals surface area contributed by atoms with Gasteiger partial charge in [0.1, 0.15) is 11.4 Å². The number of anilines is 1. The molecule has 0 aliphatic rings. The lowest BCUT2D eigenvalue weighted by molar-refractivity contribution is -0.384. The summed E-state index contributed by atoms with van der Waals surface area (Å²) in [4.78, 5) is 21.0.